The molecule has 6 heteroatoms. The largest absolute Gasteiger partial charge is 0.378 e. The fraction of sp³-hybridized carbons (Fsp3) is 0.579. The zero-order valence-electron chi connectivity index (χ0n) is 14.8. The number of nitrogens with one attached hydrogen (secondary N) is 2. The predicted octanol–water partition coefficient (Wildman–Crippen LogP) is 2.61. The highest BCUT2D eigenvalue weighted by atomic mass is 16.5. The van der Waals surface area contributed by atoms with Gasteiger partial charge in [0, 0.05) is 37.9 Å². The van der Waals surface area contributed by atoms with E-state index in [1.807, 2.05) is 12.1 Å². The molecule has 0 spiro atoms. The van der Waals surface area contributed by atoms with Gasteiger partial charge in [-0.05, 0) is 38.2 Å². The van der Waals surface area contributed by atoms with Crippen LogP contribution in [0.5, 0.6) is 0 Å². The first-order valence-electron chi connectivity index (χ1n) is 9.29. The summed E-state index contributed by atoms with van der Waals surface area (Å²) in [5.41, 5.74) is 2.52. The number of hydrogen-bond acceptors (Lipinski definition) is 4. The molecule has 6 nitrogen and oxygen atoms in total. The number of aromatic nitrogens is 1. The third-order valence-electron chi connectivity index (χ3n) is 4.73. The Balaban J connectivity index is 1.44. The first kappa shape index (κ1) is 17.7. The quantitative estimate of drug-likeness (QED) is 0.779. The molecule has 0 atom stereocenters. The summed E-state index contributed by atoms with van der Waals surface area (Å²) in [5.74, 6) is 0.943. The van der Waals surface area contributed by atoms with Crippen LogP contribution < -0.4 is 15.5 Å². The number of urea groups is 1. The second-order valence-electron chi connectivity index (χ2n) is 6.55. The van der Waals surface area contributed by atoms with Gasteiger partial charge in [-0.25, -0.2) is 9.78 Å². The monoisotopic (exact) mass is 344 g/mol. The number of anilines is 1. The Morgan fingerprint density at radius 1 is 1.24 bits per heavy atom. The van der Waals surface area contributed by atoms with Crippen molar-refractivity contribution in [3.8, 4) is 0 Å². The average molecular weight is 344 g/mol. The van der Waals surface area contributed by atoms with Crippen LogP contribution in [-0.4, -0.2) is 43.9 Å². The lowest BCUT2D eigenvalue weighted by molar-refractivity contribution is 0.122. The molecular formula is C19H28N4O2. The molecule has 0 unspecified atom stereocenters. The highest BCUT2D eigenvalue weighted by molar-refractivity contribution is 5.74. The second-order valence-corrected chi connectivity index (χ2v) is 6.55. The molecule has 0 bridgehead atoms. The van der Waals surface area contributed by atoms with Gasteiger partial charge in [0.25, 0.3) is 0 Å². The first-order chi connectivity index (χ1) is 12.3. The Morgan fingerprint density at radius 2 is 2.12 bits per heavy atom. The molecule has 1 aliphatic carbocycles. The summed E-state index contributed by atoms with van der Waals surface area (Å²) in [6.07, 6.45) is 10.0. The number of morpholine rings is 1. The number of rotatable bonds is 6. The van der Waals surface area contributed by atoms with E-state index in [-0.39, 0.29) is 6.03 Å². The summed E-state index contributed by atoms with van der Waals surface area (Å²) >= 11 is 0. The van der Waals surface area contributed by atoms with Crippen LogP contribution in [0, 0.1) is 0 Å². The van der Waals surface area contributed by atoms with Crippen molar-refractivity contribution in [1.29, 1.82) is 0 Å². The zero-order chi connectivity index (χ0) is 17.3. The number of carbonyl (C=O) groups excluding carboxylic acids is 1. The fourth-order valence-corrected chi connectivity index (χ4v) is 3.33. The number of pyridine rings is 1. The highest BCUT2D eigenvalue weighted by Gasteiger charge is 2.16. The molecule has 1 aromatic rings. The van der Waals surface area contributed by atoms with E-state index >= 15 is 0 Å². The second kappa shape index (κ2) is 9.42. The lowest BCUT2D eigenvalue weighted by Crippen LogP contribution is -2.39. The maximum atomic E-state index is 12.0. The van der Waals surface area contributed by atoms with Gasteiger partial charge in [-0.1, -0.05) is 17.7 Å². The Kier molecular flexibility index (Phi) is 6.68. The van der Waals surface area contributed by atoms with Crippen LogP contribution in [-0.2, 0) is 11.3 Å². The number of carbonyl (C=O) groups is 1. The SMILES string of the molecule is O=C(NCCC1=CCCCC1)NCc1cccnc1N1CCOCC1. The van der Waals surface area contributed by atoms with Gasteiger partial charge in [-0.3, -0.25) is 0 Å². The van der Waals surface area contributed by atoms with Crippen molar-refractivity contribution in [1.82, 2.24) is 15.6 Å². The molecule has 25 heavy (non-hydrogen) atoms. The van der Waals surface area contributed by atoms with Crippen molar-refractivity contribution in [3.63, 3.8) is 0 Å². The number of allylic oxidation sites excluding steroid dienone is 1. The van der Waals surface area contributed by atoms with Crippen LogP contribution in [0.2, 0.25) is 0 Å². The molecule has 3 rings (SSSR count). The summed E-state index contributed by atoms with van der Waals surface area (Å²) in [7, 11) is 0. The molecule has 2 N–H and O–H groups in total. The predicted molar refractivity (Wildman–Crippen MR) is 98.7 cm³/mol. The van der Waals surface area contributed by atoms with Crippen molar-refractivity contribution in [2.24, 2.45) is 0 Å². The zero-order valence-corrected chi connectivity index (χ0v) is 14.8. The first-order valence-corrected chi connectivity index (χ1v) is 9.29. The van der Waals surface area contributed by atoms with Crippen molar-refractivity contribution < 1.29 is 9.53 Å². The van der Waals surface area contributed by atoms with E-state index in [9.17, 15) is 4.79 Å². The summed E-state index contributed by atoms with van der Waals surface area (Å²) in [5, 5.41) is 5.90. The molecule has 2 amide bonds. The molecule has 0 aromatic carbocycles. The normalized spacial score (nSPS) is 17.8. The van der Waals surface area contributed by atoms with Gasteiger partial charge in [0.15, 0.2) is 0 Å². The van der Waals surface area contributed by atoms with Gasteiger partial charge in [0.2, 0.25) is 0 Å². The van der Waals surface area contributed by atoms with Crippen LogP contribution in [0.4, 0.5) is 10.6 Å². The topological polar surface area (TPSA) is 66.5 Å². The van der Waals surface area contributed by atoms with Crippen LogP contribution in [0.1, 0.15) is 37.7 Å². The van der Waals surface area contributed by atoms with E-state index in [1.165, 1.54) is 31.3 Å². The van der Waals surface area contributed by atoms with E-state index in [0.717, 1.165) is 44.1 Å². The van der Waals surface area contributed by atoms with Gasteiger partial charge < -0.3 is 20.3 Å². The van der Waals surface area contributed by atoms with Gasteiger partial charge in [-0.2, -0.15) is 0 Å². The Morgan fingerprint density at radius 3 is 2.92 bits per heavy atom. The lowest BCUT2D eigenvalue weighted by atomic mass is 9.97. The summed E-state index contributed by atoms with van der Waals surface area (Å²) in [6, 6.07) is 3.81. The Hall–Kier alpha value is -2.08. The molecule has 1 fully saturated rings. The molecule has 2 aliphatic rings. The van der Waals surface area contributed by atoms with Crippen molar-refractivity contribution in [2.75, 3.05) is 37.7 Å². The molecule has 1 aliphatic heterocycles. The Labute approximate surface area is 149 Å². The number of hydrogen-bond donors (Lipinski definition) is 2. The van der Waals surface area contributed by atoms with Gasteiger partial charge >= 0.3 is 6.03 Å². The van der Waals surface area contributed by atoms with E-state index in [4.69, 9.17) is 4.74 Å². The van der Waals surface area contributed by atoms with Gasteiger partial charge in [-0.15, -0.1) is 0 Å². The maximum Gasteiger partial charge on any atom is 0.315 e. The van der Waals surface area contributed by atoms with Gasteiger partial charge in [0.05, 0.1) is 13.2 Å². The van der Waals surface area contributed by atoms with Crippen molar-refractivity contribution >= 4 is 11.8 Å². The standard InChI is InChI=1S/C19H28N4O2/c24-19(21-10-8-16-5-2-1-3-6-16)22-15-17-7-4-9-20-18(17)23-11-13-25-14-12-23/h4-5,7,9H,1-3,6,8,10-15H2,(H2,21,22,24). The summed E-state index contributed by atoms with van der Waals surface area (Å²) in [6.45, 7) is 4.30. The van der Waals surface area contributed by atoms with E-state index in [2.05, 4.69) is 26.6 Å². The molecule has 2 heterocycles. The molecular weight excluding hydrogens is 316 g/mol. The minimum atomic E-state index is -0.117. The molecule has 136 valence electrons. The fourth-order valence-electron chi connectivity index (χ4n) is 3.33. The number of nitrogens with zero attached hydrogens (tertiary/aromatic N) is 2. The van der Waals surface area contributed by atoms with Crippen LogP contribution >= 0.6 is 0 Å². The smallest absolute Gasteiger partial charge is 0.315 e. The molecule has 1 saturated heterocycles. The summed E-state index contributed by atoms with van der Waals surface area (Å²) < 4.78 is 5.40. The van der Waals surface area contributed by atoms with Crippen molar-refractivity contribution in [2.45, 2.75) is 38.6 Å². The van der Waals surface area contributed by atoms with Crippen LogP contribution in [0.3, 0.4) is 0 Å². The van der Waals surface area contributed by atoms with Gasteiger partial charge in [0.1, 0.15) is 5.82 Å². The average Bonchev–Trinajstić information content (AvgIpc) is 2.68. The highest BCUT2D eigenvalue weighted by Crippen LogP contribution is 2.19. The van der Waals surface area contributed by atoms with Crippen LogP contribution in [0.25, 0.3) is 0 Å². The van der Waals surface area contributed by atoms with E-state index < -0.39 is 0 Å². The maximum absolute atomic E-state index is 12.0. The minimum Gasteiger partial charge on any atom is -0.378 e. The third kappa shape index (κ3) is 5.46. The van der Waals surface area contributed by atoms with Crippen LogP contribution in [0.15, 0.2) is 30.0 Å². The lowest BCUT2D eigenvalue weighted by Gasteiger charge is -2.29. The number of amides is 2. The minimum absolute atomic E-state index is 0.117. The third-order valence-corrected chi connectivity index (χ3v) is 4.73. The molecule has 0 radical (unpaired) electrons. The molecule has 0 saturated carbocycles. The molecule has 1 aromatic heterocycles. The summed E-state index contributed by atoms with van der Waals surface area (Å²) in [4.78, 5) is 18.8. The van der Waals surface area contributed by atoms with E-state index in [0.29, 0.717) is 13.1 Å². The Bertz CT molecular complexity index is 597. The number of ether oxygens (including phenoxy) is 1. The van der Waals surface area contributed by atoms with Crippen molar-refractivity contribution in [3.05, 3.63) is 35.5 Å². The van der Waals surface area contributed by atoms with E-state index in [1.54, 1.807) is 6.20 Å².